The van der Waals surface area contributed by atoms with Crippen LogP contribution in [0.4, 0.5) is 5.69 Å². The molecule has 6 heteroatoms. The van der Waals surface area contributed by atoms with E-state index in [1.807, 2.05) is 66.1 Å². The fraction of sp³-hybridized carbons (Fsp3) is 0.200. The molecule has 0 spiro atoms. The van der Waals surface area contributed by atoms with Gasteiger partial charge in [-0.15, -0.1) is 0 Å². The van der Waals surface area contributed by atoms with E-state index < -0.39 is 10.7 Å². The summed E-state index contributed by atoms with van der Waals surface area (Å²) < 4.78 is 5.76. The molecule has 132 valence electrons. The molecule has 3 heterocycles. The van der Waals surface area contributed by atoms with Gasteiger partial charge in [-0.3, -0.25) is 4.79 Å². The van der Waals surface area contributed by atoms with E-state index >= 15 is 0 Å². The molecule has 4 rings (SSSR count). The molecule has 1 aromatic carbocycles. The minimum Gasteiger partial charge on any atom is -0.464 e. The summed E-state index contributed by atoms with van der Waals surface area (Å²) in [6.45, 7) is 3.87. The van der Waals surface area contributed by atoms with E-state index in [4.69, 9.17) is 4.74 Å². The van der Waals surface area contributed by atoms with Crippen molar-refractivity contribution in [2.75, 3.05) is 11.9 Å². The molecule has 0 saturated heterocycles. The van der Waals surface area contributed by atoms with Crippen molar-refractivity contribution in [3.8, 4) is 0 Å². The average molecular weight is 366 g/mol. The van der Waals surface area contributed by atoms with Gasteiger partial charge in [0.25, 0.3) is 5.91 Å². The van der Waals surface area contributed by atoms with Crippen LogP contribution < -0.4 is 5.32 Å². The first-order valence-electron chi connectivity index (χ1n) is 8.42. The summed E-state index contributed by atoms with van der Waals surface area (Å²) in [5.41, 5.74) is 3.13. The molecule has 1 atom stereocenters. The van der Waals surface area contributed by atoms with E-state index in [1.165, 1.54) is 11.8 Å². The lowest BCUT2D eigenvalue weighted by Crippen LogP contribution is -2.48. The fourth-order valence-electron chi connectivity index (χ4n) is 3.41. The van der Waals surface area contributed by atoms with Crippen LogP contribution in [0.25, 0.3) is 5.52 Å². The number of rotatable bonds is 3. The van der Waals surface area contributed by atoms with Crippen molar-refractivity contribution in [2.45, 2.75) is 23.5 Å². The van der Waals surface area contributed by atoms with Gasteiger partial charge in [-0.25, -0.2) is 4.79 Å². The Labute approximate surface area is 155 Å². The Kier molecular flexibility index (Phi) is 4.00. The van der Waals surface area contributed by atoms with Gasteiger partial charge in [0.1, 0.15) is 0 Å². The van der Waals surface area contributed by atoms with Gasteiger partial charge in [0.05, 0.1) is 18.0 Å². The van der Waals surface area contributed by atoms with Crippen LogP contribution in [-0.2, 0) is 19.1 Å². The number of ether oxygens (including phenoxy) is 1. The first kappa shape index (κ1) is 16.7. The third-order valence-corrected chi connectivity index (χ3v) is 5.91. The molecule has 1 N–H and O–H groups in total. The molecule has 0 bridgehead atoms. The largest absolute Gasteiger partial charge is 0.464 e. The summed E-state index contributed by atoms with van der Waals surface area (Å²) in [5.74, 6) is -0.935. The number of nitrogens with zero attached hydrogens (tertiary/aromatic N) is 1. The van der Waals surface area contributed by atoms with Crippen molar-refractivity contribution in [2.24, 2.45) is 0 Å². The minimum absolute atomic E-state index is 0.207. The summed E-state index contributed by atoms with van der Waals surface area (Å²) in [7, 11) is 0. The third-order valence-electron chi connectivity index (χ3n) is 4.48. The van der Waals surface area contributed by atoms with Crippen LogP contribution in [0, 0.1) is 6.92 Å². The van der Waals surface area contributed by atoms with Crippen LogP contribution >= 0.6 is 11.8 Å². The van der Waals surface area contributed by atoms with Gasteiger partial charge in [-0.2, -0.15) is 0 Å². The maximum atomic E-state index is 13.2. The molecule has 3 aromatic rings. The highest BCUT2D eigenvalue weighted by molar-refractivity contribution is 8.02. The number of esters is 1. The van der Waals surface area contributed by atoms with Crippen molar-refractivity contribution in [1.82, 2.24) is 4.40 Å². The zero-order valence-corrected chi connectivity index (χ0v) is 15.3. The summed E-state index contributed by atoms with van der Waals surface area (Å²) in [4.78, 5) is 27.2. The van der Waals surface area contributed by atoms with Crippen molar-refractivity contribution in [3.63, 3.8) is 0 Å². The van der Waals surface area contributed by atoms with Gasteiger partial charge < -0.3 is 14.5 Å². The monoisotopic (exact) mass is 366 g/mol. The third kappa shape index (κ3) is 2.33. The molecule has 0 aliphatic carbocycles. The summed E-state index contributed by atoms with van der Waals surface area (Å²) in [6, 6.07) is 15.2. The lowest BCUT2D eigenvalue weighted by molar-refractivity contribution is -0.149. The standard InChI is InChI=1S/C20H18N2O3S/c1-3-25-19(24)20(17-13(2)12-14-8-6-7-11-22(14)17)18(23)21-15-9-4-5-10-16(15)26-20/h4-12H,3H2,1-2H3,(H,21,23). The van der Waals surface area contributed by atoms with Gasteiger partial charge in [0.2, 0.25) is 4.75 Å². The Bertz CT molecular complexity index is 1030. The SMILES string of the molecule is CCOC(=O)C1(c2c(C)cc3ccccn23)Sc2ccccc2NC1=O. The maximum Gasteiger partial charge on any atom is 0.338 e. The number of aromatic nitrogens is 1. The van der Waals surface area contributed by atoms with Crippen molar-refractivity contribution in [3.05, 3.63) is 66.0 Å². The zero-order valence-electron chi connectivity index (χ0n) is 14.5. The Morgan fingerprint density at radius 1 is 1.23 bits per heavy atom. The van der Waals surface area contributed by atoms with E-state index in [0.29, 0.717) is 11.4 Å². The highest BCUT2D eigenvalue weighted by atomic mass is 32.2. The molecule has 2 aromatic heterocycles. The number of hydrogen-bond acceptors (Lipinski definition) is 4. The van der Waals surface area contributed by atoms with Gasteiger partial charge in [-0.1, -0.05) is 30.0 Å². The van der Waals surface area contributed by atoms with E-state index in [9.17, 15) is 9.59 Å². The molecule has 1 unspecified atom stereocenters. The predicted molar refractivity (Wildman–Crippen MR) is 101 cm³/mol. The number of pyridine rings is 1. The Morgan fingerprint density at radius 2 is 2.00 bits per heavy atom. The highest BCUT2D eigenvalue weighted by Crippen LogP contribution is 2.50. The lowest BCUT2D eigenvalue weighted by Gasteiger charge is -2.34. The zero-order chi connectivity index (χ0) is 18.3. The molecule has 26 heavy (non-hydrogen) atoms. The number of hydrogen-bond donors (Lipinski definition) is 1. The number of anilines is 1. The summed E-state index contributed by atoms with van der Waals surface area (Å²) >= 11 is 1.24. The average Bonchev–Trinajstić information content (AvgIpc) is 2.97. The number of aryl methyl sites for hydroxylation is 1. The van der Waals surface area contributed by atoms with Crippen molar-refractivity contribution >= 4 is 34.8 Å². The quantitative estimate of drug-likeness (QED) is 0.566. The van der Waals surface area contributed by atoms with E-state index in [1.54, 1.807) is 6.92 Å². The first-order valence-corrected chi connectivity index (χ1v) is 9.23. The Hall–Kier alpha value is -2.73. The Morgan fingerprint density at radius 3 is 2.81 bits per heavy atom. The van der Waals surface area contributed by atoms with Crippen molar-refractivity contribution in [1.29, 1.82) is 0 Å². The summed E-state index contributed by atoms with van der Waals surface area (Å²) in [5, 5.41) is 2.90. The van der Waals surface area contributed by atoms with Gasteiger partial charge >= 0.3 is 5.97 Å². The number of para-hydroxylation sites is 1. The van der Waals surface area contributed by atoms with Gasteiger partial charge in [-0.05, 0) is 49.7 Å². The van der Waals surface area contributed by atoms with Crippen LogP contribution in [0.1, 0.15) is 18.2 Å². The molecule has 0 saturated carbocycles. The molecular weight excluding hydrogens is 348 g/mol. The van der Waals surface area contributed by atoms with Gasteiger partial charge in [0.15, 0.2) is 0 Å². The fourth-order valence-corrected chi connectivity index (χ4v) is 4.75. The molecule has 1 amide bonds. The maximum absolute atomic E-state index is 13.2. The molecule has 0 radical (unpaired) electrons. The molecule has 0 fully saturated rings. The second-order valence-corrected chi connectivity index (χ2v) is 7.38. The first-order chi connectivity index (χ1) is 12.6. The smallest absolute Gasteiger partial charge is 0.338 e. The predicted octanol–water partition coefficient (Wildman–Crippen LogP) is 3.75. The summed E-state index contributed by atoms with van der Waals surface area (Å²) in [6.07, 6.45) is 1.87. The van der Waals surface area contributed by atoms with Crippen LogP contribution in [-0.4, -0.2) is 22.9 Å². The van der Waals surface area contributed by atoms with E-state index in [0.717, 1.165) is 16.0 Å². The number of carbonyl (C=O) groups excluding carboxylic acids is 2. The van der Waals surface area contributed by atoms with E-state index in [-0.39, 0.29) is 12.5 Å². The number of fused-ring (bicyclic) bond motifs is 2. The highest BCUT2D eigenvalue weighted by Gasteiger charge is 2.55. The second kappa shape index (κ2) is 6.21. The van der Waals surface area contributed by atoms with Crippen LogP contribution in [0.5, 0.6) is 0 Å². The topological polar surface area (TPSA) is 59.8 Å². The van der Waals surface area contributed by atoms with E-state index in [2.05, 4.69) is 5.32 Å². The van der Waals surface area contributed by atoms with Gasteiger partial charge in [0, 0.05) is 16.6 Å². The van der Waals surface area contributed by atoms with Crippen molar-refractivity contribution < 1.29 is 14.3 Å². The number of thioether (sulfide) groups is 1. The van der Waals surface area contributed by atoms with Crippen LogP contribution in [0.15, 0.2) is 59.6 Å². The number of carbonyl (C=O) groups is 2. The Balaban J connectivity index is 2.00. The molecule has 1 aliphatic rings. The minimum atomic E-state index is -1.50. The van der Waals surface area contributed by atoms with Crippen LogP contribution in [0.3, 0.4) is 0 Å². The molecule has 5 nitrogen and oxygen atoms in total. The normalized spacial score (nSPS) is 19.1. The number of amides is 1. The second-order valence-electron chi connectivity index (χ2n) is 6.13. The number of benzene rings is 1. The lowest BCUT2D eigenvalue weighted by atomic mass is 9.99. The van der Waals surface area contributed by atoms with Crippen LogP contribution in [0.2, 0.25) is 0 Å². The number of nitrogens with one attached hydrogen (secondary N) is 1. The molecule has 1 aliphatic heterocycles. The molecular formula is C20H18N2O3S.